The predicted octanol–water partition coefficient (Wildman–Crippen LogP) is 0.466. The van der Waals surface area contributed by atoms with Crippen LogP contribution in [0.3, 0.4) is 0 Å². The van der Waals surface area contributed by atoms with Gasteiger partial charge in [-0.1, -0.05) is 0 Å². The SMILES string of the molecule is N=C(N)COC1CCCCO1. The lowest BCUT2D eigenvalue weighted by molar-refractivity contribution is -0.153. The highest BCUT2D eigenvalue weighted by Crippen LogP contribution is 2.12. The first-order valence-corrected chi connectivity index (χ1v) is 3.85. The molecule has 0 bridgehead atoms. The Morgan fingerprint density at radius 3 is 3.00 bits per heavy atom. The van der Waals surface area contributed by atoms with E-state index >= 15 is 0 Å². The van der Waals surface area contributed by atoms with E-state index in [1.165, 1.54) is 0 Å². The smallest absolute Gasteiger partial charge is 0.158 e. The van der Waals surface area contributed by atoms with Crippen molar-refractivity contribution in [3.05, 3.63) is 0 Å². The van der Waals surface area contributed by atoms with E-state index in [-0.39, 0.29) is 18.7 Å². The molecule has 11 heavy (non-hydrogen) atoms. The third-order valence-electron chi connectivity index (χ3n) is 1.56. The van der Waals surface area contributed by atoms with Crippen molar-refractivity contribution >= 4 is 5.84 Å². The Kier molecular flexibility index (Phi) is 3.32. The number of nitrogens with one attached hydrogen (secondary N) is 1. The number of rotatable bonds is 3. The topological polar surface area (TPSA) is 68.3 Å². The fourth-order valence-corrected chi connectivity index (χ4v) is 1.03. The summed E-state index contributed by atoms with van der Waals surface area (Å²) in [5.74, 6) is 0.0548. The minimum Gasteiger partial charge on any atom is -0.386 e. The molecule has 0 aromatic carbocycles. The fourth-order valence-electron chi connectivity index (χ4n) is 1.03. The van der Waals surface area contributed by atoms with Crippen LogP contribution >= 0.6 is 0 Å². The van der Waals surface area contributed by atoms with Crippen LogP contribution in [0.25, 0.3) is 0 Å². The second-order valence-electron chi connectivity index (χ2n) is 2.63. The summed E-state index contributed by atoms with van der Waals surface area (Å²) in [6, 6.07) is 0. The van der Waals surface area contributed by atoms with Gasteiger partial charge in [-0.05, 0) is 19.3 Å². The standard InChI is InChI=1S/C7H14N2O2/c8-6(9)5-11-7-3-1-2-4-10-7/h7H,1-5H2,(H3,8,9). The van der Waals surface area contributed by atoms with Gasteiger partial charge in [0.05, 0.1) is 0 Å². The summed E-state index contributed by atoms with van der Waals surface area (Å²) >= 11 is 0. The van der Waals surface area contributed by atoms with Gasteiger partial charge in [0.15, 0.2) is 6.29 Å². The normalized spacial score (nSPS) is 24.9. The number of ether oxygens (including phenoxy) is 2. The second kappa shape index (κ2) is 4.31. The molecule has 1 atom stereocenters. The molecule has 1 unspecified atom stereocenters. The van der Waals surface area contributed by atoms with Crippen LogP contribution < -0.4 is 5.73 Å². The summed E-state index contributed by atoms with van der Waals surface area (Å²) in [7, 11) is 0. The molecule has 0 saturated carbocycles. The van der Waals surface area contributed by atoms with Crippen LogP contribution in [0, 0.1) is 5.41 Å². The molecule has 1 rings (SSSR count). The minimum atomic E-state index is -0.132. The lowest BCUT2D eigenvalue weighted by atomic mass is 10.2. The van der Waals surface area contributed by atoms with Gasteiger partial charge in [0.25, 0.3) is 0 Å². The maximum atomic E-state index is 6.91. The molecular formula is C7H14N2O2. The Balaban J connectivity index is 2.09. The maximum Gasteiger partial charge on any atom is 0.158 e. The molecule has 0 amide bonds. The third kappa shape index (κ3) is 3.34. The highest BCUT2D eigenvalue weighted by atomic mass is 16.7. The van der Waals surface area contributed by atoms with Crippen LogP contribution in [0.1, 0.15) is 19.3 Å². The summed E-state index contributed by atoms with van der Waals surface area (Å²) in [4.78, 5) is 0. The largest absolute Gasteiger partial charge is 0.386 e. The van der Waals surface area contributed by atoms with E-state index in [9.17, 15) is 0 Å². The molecule has 1 heterocycles. The molecule has 1 aliphatic rings. The Hall–Kier alpha value is -0.610. The summed E-state index contributed by atoms with van der Waals surface area (Å²) in [5.41, 5.74) is 5.11. The monoisotopic (exact) mass is 158 g/mol. The number of hydrogen-bond donors (Lipinski definition) is 2. The van der Waals surface area contributed by atoms with Crippen molar-refractivity contribution in [1.29, 1.82) is 5.41 Å². The quantitative estimate of drug-likeness (QED) is 0.463. The van der Waals surface area contributed by atoms with E-state index in [2.05, 4.69) is 0 Å². The van der Waals surface area contributed by atoms with E-state index in [0.717, 1.165) is 25.9 Å². The number of nitrogens with two attached hydrogens (primary N) is 1. The van der Waals surface area contributed by atoms with Crippen molar-refractivity contribution in [3.8, 4) is 0 Å². The Morgan fingerprint density at radius 1 is 1.64 bits per heavy atom. The maximum absolute atomic E-state index is 6.91. The van der Waals surface area contributed by atoms with Crippen LogP contribution in [0.5, 0.6) is 0 Å². The molecule has 0 aliphatic carbocycles. The first kappa shape index (κ1) is 8.49. The van der Waals surface area contributed by atoms with Gasteiger partial charge in [0.2, 0.25) is 0 Å². The highest BCUT2D eigenvalue weighted by Gasteiger charge is 2.13. The van der Waals surface area contributed by atoms with Crippen LogP contribution in [-0.2, 0) is 9.47 Å². The van der Waals surface area contributed by atoms with E-state index in [4.69, 9.17) is 20.6 Å². The average Bonchev–Trinajstić information content (AvgIpc) is 2.03. The van der Waals surface area contributed by atoms with Gasteiger partial charge in [0, 0.05) is 6.61 Å². The summed E-state index contributed by atoms with van der Waals surface area (Å²) in [6.07, 6.45) is 3.04. The zero-order valence-corrected chi connectivity index (χ0v) is 6.51. The number of hydrogen-bond acceptors (Lipinski definition) is 3. The summed E-state index contributed by atoms with van der Waals surface area (Å²) in [5, 5.41) is 6.91. The van der Waals surface area contributed by atoms with Crippen molar-refractivity contribution in [3.63, 3.8) is 0 Å². The van der Waals surface area contributed by atoms with Gasteiger partial charge >= 0.3 is 0 Å². The first-order valence-electron chi connectivity index (χ1n) is 3.85. The van der Waals surface area contributed by atoms with Crippen molar-refractivity contribution in [2.75, 3.05) is 13.2 Å². The van der Waals surface area contributed by atoms with Crippen LogP contribution in [-0.4, -0.2) is 25.3 Å². The van der Waals surface area contributed by atoms with Crippen molar-refractivity contribution in [1.82, 2.24) is 0 Å². The van der Waals surface area contributed by atoms with Gasteiger partial charge < -0.3 is 15.2 Å². The fraction of sp³-hybridized carbons (Fsp3) is 0.857. The molecule has 0 aromatic rings. The van der Waals surface area contributed by atoms with Gasteiger partial charge in [-0.3, -0.25) is 5.41 Å². The van der Waals surface area contributed by atoms with E-state index in [0.29, 0.717) is 0 Å². The average molecular weight is 158 g/mol. The van der Waals surface area contributed by atoms with Gasteiger partial charge in [-0.2, -0.15) is 0 Å². The van der Waals surface area contributed by atoms with Crippen molar-refractivity contribution < 1.29 is 9.47 Å². The molecule has 1 fully saturated rings. The molecule has 3 N–H and O–H groups in total. The highest BCUT2D eigenvalue weighted by molar-refractivity contribution is 5.78. The first-order chi connectivity index (χ1) is 5.29. The lowest BCUT2D eigenvalue weighted by Gasteiger charge is -2.22. The Morgan fingerprint density at radius 2 is 2.45 bits per heavy atom. The molecule has 4 nitrogen and oxygen atoms in total. The Bertz CT molecular complexity index is 132. The predicted molar refractivity (Wildman–Crippen MR) is 41.5 cm³/mol. The lowest BCUT2D eigenvalue weighted by Crippen LogP contribution is -2.27. The van der Waals surface area contributed by atoms with Gasteiger partial charge in [-0.15, -0.1) is 0 Å². The van der Waals surface area contributed by atoms with Crippen LogP contribution in [0.4, 0.5) is 0 Å². The zero-order valence-electron chi connectivity index (χ0n) is 6.51. The van der Waals surface area contributed by atoms with Crippen LogP contribution in [0.2, 0.25) is 0 Å². The van der Waals surface area contributed by atoms with Crippen molar-refractivity contribution in [2.45, 2.75) is 25.6 Å². The minimum absolute atomic E-state index is 0.0548. The Labute approximate surface area is 66.2 Å². The molecule has 4 heteroatoms. The van der Waals surface area contributed by atoms with Gasteiger partial charge in [0.1, 0.15) is 12.4 Å². The van der Waals surface area contributed by atoms with Gasteiger partial charge in [-0.25, -0.2) is 0 Å². The van der Waals surface area contributed by atoms with E-state index in [1.807, 2.05) is 0 Å². The molecule has 0 radical (unpaired) electrons. The molecule has 1 aliphatic heterocycles. The summed E-state index contributed by atoms with van der Waals surface area (Å²) in [6.45, 7) is 0.952. The molecule has 0 aromatic heterocycles. The molecule has 0 spiro atoms. The zero-order chi connectivity index (χ0) is 8.10. The molecule has 64 valence electrons. The van der Waals surface area contributed by atoms with E-state index < -0.39 is 0 Å². The molecular weight excluding hydrogens is 144 g/mol. The second-order valence-corrected chi connectivity index (χ2v) is 2.63. The summed E-state index contributed by atoms with van der Waals surface area (Å²) < 4.78 is 10.4. The number of amidine groups is 1. The van der Waals surface area contributed by atoms with E-state index in [1.54, 1.807) is 0 Å². The molecule has 1 saturated heterocycles. The van der Waals surface area contributed by atoms with Crippen LogP contribution in [0.15, 0.2) is 0 Å². The third-order valence-corrected chi connectivity index (χ3v) is 1.56. The van der Waals surface area contributed by atoms with Crippen molar-refractivity contribution in [2.24, 2.45) is 5.73 Å².